The first-order valence-electron chi connectivity index (χ1n) is 7.23. The molecule has 3 rings (SSSR count). The highest BCUT2D eigenvalue weighted by Gasteiger charge is 2.16. The van der Waals surface area contributed by atoms with Gasteiger partial charge >= 0.3 is 5.97 Å². The molecule has 9 heteroatoms. The van der Waals surface area contributed by atoms with Gasteiger partial charge in [-0.05, 0) is 18.2 Å². The Balaban J connectivity index is 1.82. The average Bonchev–Trinajstić information content (AvgIpc) is 3.18. The number of benzene rings is 1. The van der Waals surface area contributed by atoms with Crippen molar-refractivity contribution < 1.29 is 14.3 Å². The van der Waals surface area contributed by atoms with Gasteiger partial charge in [0.15, 0.2) is 5.75 Å². The van der Waals surface area contributed by atoms with Gasteiger partial charge in [-0.3, -0.25) is 14.2 Å². The van der Waals surface area contributed by atoms with Crippen LogP contribution in [0.25, 0.3) is 0 Å². The molecule has 0 saturated carbocycles. The van der Waals surface area contributed by atoms with Crippen molar-refractivity contribution in [3.8, 4) is 5.75 Å². The van der Waals surface area contributed by atoms with E-state index in [9.17, 15) is 9.59 Å². The Bertz CT molecular complexity index is 947. The van der Waals surface area contributed by atoms with Crippen LogP contribution in [0.2, 0.25) is 0 Å². The summed E-state index contributed by atoms with van der Waals surface area (Å²) in [6.45, 7) is 0. The van der Waals surface area contributed by atoms with Crippen LogP contribution in [0.5, 0.6) is 5.75 Å². The third-order valence-electron chi connectivity index (χ3n) is 3.30. The number of aromatic nitrogens is 4. The lowest BCUT2D eigenvalue weighted by molar-refractivity contribution is 0.0734. The molecule has 0 spiro atoms. The van der Waals surface area contributed by atoms with Gasteiger partial charge in [0.05, 0.1) is 29.2 Å². The van der Waals surface area contributed by atoms with Crippen LogP contribution in [0.4, 0.5) is 5.69 Å². The number of aryl methyl sites for hydroxylation is 2. The summed E-state index contributed by atoms with van der Waals surface area (Å²) in [5.74, 6) is -0.688. The monoisotopic (exact) mass is 403 g/mol. The van der Waals surface area contributed by atoms with Crippen LogP contribution in [0.3, 0.4) is 0 Å². The number of ether oxygens (including phenoxy) is 1. The van der Waals surface area contributed by atoms with Crippen LogP contribution in [-0.4, -0.2) is 31.4 Å². The summed E-state index contributed by atoms with van der Waals surface area (Å²) in [5.41, 5.74) is 1.07. The SMILES string of the molecule is Cn1cc(C(=O)Nc2cc(Br)ccc2OC(=O)c2cnn(C)c2)cn1. The standard InChI is InChI=1S/C16H14BrN5O3/c1-21-8-10(6-18-21)15(23)20-13-5-12(17)3-4-14(13)25-16(24)11-7-19-22(2)9-11/h3-9H,1-2H3,(H,20,23). The molecule has 128 valence electrons. The predicted octanol–water partition coefficient (Wildman–Crippen LogP) is 2.39. The highest BCUT2D eigenvalue weighted by Crippen LogP contribution is 2.29. The van der Waals surface area contributed by atoms with Gasteiger partial charge in [-0.25, -0.2) is 4.79 Å². The minimum Gasteiger partial charge on any atom is -0.421 e. The minimum atomic E-state index is -0.563. The van der Waals surface area contributed by atoms with Crippen LogP contribution in [-0.2, 0) is 14.1 Å². The third-order valence-corrected chi connectivity index (χ3v) is 3.79. The molecule has 0 radical (unpaired) electrons. The van der Waals surface area contributed by atoms with Crippen molar-refractivity contribution in [3.05, 3.63) is 58.6 Å². The predicted molar refractivity (Wildman–Crippen MR) is 93.5 cm³/mol. The van der Waals surface area contributed by atoms with Gasteiger partial charge in [0.2, 0.25) is 0 Å². The van der Waals surface area contributed by atoms with E-state index in [1.807, 2.05) is 0 Å². The largest absolute Gasteiger partial charge is 0.421 e. The van der Waals surface area contributed by atoms with Gasteiger partial charge in [-0.1, -0.05) is 15.9 Å². The van der Waals surface area contributed by atoms with E-state index in [1.54, 1.807) is 44.7 Å². The Labute approximate surface area is 151 Å². The number of carbonyl (C=O) groups excluding carboxylic acids is 2. The lowest BCUT2D eigenvalue weighted by Gasteiger charge is -2.11. The number of amides is 1. The molecule has 3 aromatic rings. The summed E-state index contributed by atoms with van der Waals surface area (Å²) in [4.78, 5) is 24.5. The fourth-order valence-corrected chi connectivity index (χ4v) is 2.47. The van der Waals surface area contributed by atoms with Crippen molar-refractivity contribution in [2.45, 2.75) is 0 Å². The Morgan fingerprint density at radius 2 is 1.72 bits per heavy atom. The number of rotatable bonds is 4. The second-order valence-corrected chi connectivity index (χ2v) is 6.21. The maximum atomic E-state index is 12.3. The highest BCUT2D eigenvalue weighted by molar-refractivity contribution is 9.10. The first-order valence-corrected chi connectivity index (χ1v) is 8.02. The fourth-order valence-electron chi connectivity index (χ4n) is 2.11. The van der Waals surface area contributed by atoms with Crippen LogP contribution in [0, 0.1) is 0 Å². The lowest BCUT2D eigenvalue weighted by Crippen LogP contribution is -2.14. The number of esters is 1. The zero-order chi connectivity index (χ0) is 18.0. The van der Waals surface area contributed by atoms with E-state index in [-0.39, 0.29) is 11.7 Å². The van der Waals surface area contributed by atoms with Crippen molar-refractivity contribution in [2.24, 2.45) is 14.1 Å². The summed E-state index contributed by atoms with van der Waals surface area (Å²) in [6.07, 6.45) is 6.01. The molecule has 0 aliphatic heterocycles. The molecule has 0 aliphatic carbocycles. The lowest BCUT2D eigenvalue weighted by atomic mass is 10.2. The summed E-state index contributed by atoms with van der Waals surface area (Å²) >= 11 is 3.34. The van der Waals surface area contributed by atoms with E-state index in [4.69, 9.17) is 4.74 Å². The normalized spacial score (nSPS) is 10.5. The number of nitrogens with zero attached hydrogens (tertiary/aromatic N) is 4. The fraction of sp³-hybridized carbons (Fsp3) is 0.125. The summed E-state index contributed by atoms with van der Waals surface area (Å²) in [6, 6.07) is 4.96. The van der Waals surface area contributed by atoms with E-state index in [0.29, 0.717) is 16.8 Å². The number of nitrogens with one attached hydrogen (secondary N) is 1. The van der Waals surface area contributed by atoms with Crippen molar-refractivity contribution in [1.82, 2.24) is 19.6 Å². The van der Waals surface area contributed by atoms with Crippen molar-refractivity contribution in [1.29, 1.82) is 0 Å². The molecule has 0 aliphatic rings. The zero-order valence-electron chi connectivity index (χ0n) is 13.4. The Morgan fingerprint density at radius 3 is 2.32 bits per heavy atom. The van der Waals surface area contributed by atoms with E-state index in [0.717, 1.165) is 4.47 Å². The number of carbonyl (C=O) groups is 2. The molecule has 2 heterocycles. The molecular formula is C16H14BrN5O3. The summed E-state index contributed by atoms with van der Waals surface area (Å²) in [5, 5.41) is 10.6. The molecule has 1 N–H and O–H groups in total. The van der Waals surface area contributed by atoms with Gasteiger partial charge in [0, 0.05) is 31.0 Å². The van der Waals surface area contributed by atoms with Gasteiger partial charge in [0.1, 0.15) is 0 Å². The van der Waals surface area contributed by atoms with Gasteiger partial charge in [-0.2, -0.15) is 10.2 Å². The van der Waals surface area contributed by atoms with E-state index in [1.165, 1.54) is 21.8 Å². The van der Waals surface area contributed by atoms with Gasteiger partial charge in [0.25, 0.3) is 5.91 Å². The highest BCUT2D eigenvalue weighted by atomic mass is 79.9. The Hall–Kier alpha value is -2.94. The van der Waals surface area contributed by atoms with Crippen LogP contribution in [0.1, 0.15) is 20.7 Å². The van der Waals surface area contributed by atoms with Crippen LogP contribution < -0.4 is 10.1 Å². The van der Waals surface area contributed by atoms with E-state index in [2.05, 4.69) is 31.4 Å². The smallest absolute Gasteiger partial charge is 0.346 e. The van der Waals surface area contributed by atoms with Crippen LogP contribution in [0.15, 0.2) is 47.5 Å². The molecule has 25 heavy (non-hydrogen) atoms. The average molecular weight is 404 g/mol. The molecule has 1 aromatic carbocycles. The van der Waals surface area contributed by atoms with Crippen molar-refractivity contribution >= 4 is 33.5 Å². The first-order chi connectivity index (χ1) is 11.9. The number of anilines is 1. The molecule has 0 fully saturated rings. The van der Waals surface area contributed by atoms with E-state index < -0.39 is 5.97 Å². The molecule has 0 unspecified atom stereocenters. The summed E-state index contributed by atoms with van der Waals surface area (Å²) in [7, 11) is 3.42. The molecule has 1 amide bonds. The topological polar surface area (TPSA) is 91.0 Å². The van der Waals surface area contributed by atoms with Gasteiger partial charge < -0.3 is 10.1 Å². The Kier molecular flexibility index (Phi) is 4.66. The van der Waals surface area contributed by atoms with Crippen LogP contribution >= 0.6 is 15.9 Å². The Morgan fingerprint density at radius 1 is 1.08 bits per heavy atom. The minimum absolute atomic E-state index is 0.231. The molecule has 0 bridgehead atoms. The maximum absolute atomic E-state index is 12.3. The second-order valence-electron chi connectivity index (χ2n) is 5.29. The second kappa shape index (κ2) is 6.89. The number of hydrogen-bond donors (Lipinski definition) is 1. The molecule has 0 saturated heterocycles. The molecule has 2 aromatic heterocycles. The van der Waals surface area contributed by atoms with E-state index >= 15 is 0 Å². The third kappa shape index (κ3) is 3.94. The van der Waals surface area contributed by atoms with Crippen molar-refractivity contribution in [3.63, 3.8) is 0 Å². The number of hydrogen-bond acceptors (Lipinski definition) is 5. The first kappa shape index (κ1) is 16.9. The number of halogens is 1. The molecule has 8 nitrogen and oxygen atoms in total. The summed E-state index contributed by atoms with van der Waals surface area (Å²) < 4.78 is 9.16. The zero-order valence-corrected chi connectivity index (χ0v) is 15.0. The van der Waals surface area contributed by atoms with Gasteiger partial charge in [-0.15, -0.1) is 0 Å². The quantitative estimate of drug-likeness (QED) is 0.533. The van der Waals surface area contributed by atoms with Crippen molar-refractivity contribution in [2.75, 3.05) is 5.32 Å². The molecule has 0 atom stereocenters. The maximum Gasteiger partial charge on any atom is 0.346 e. The molecular weight excluding hydrogens is 390 g/mol.